The van der Waals surface area contributed by atoms with Crippen molar-refractivity contribution in [2.24, 2.45) is 0 Å². The fourth-order valence-electron chi connectivity index (χ4n) is 3.98. The van der Waals surface area contributed by atoms with Gasteiger partial charge in [-0.05, 0) is 42.0 Å². The maximum Gasteiger partial charge on any atom is 0.301 e. The Bertz CT molecular complexity index is 1420. The van der Waals surface area contributed by atoms with Gasteiger partial charge in [-0.1, -0.05) is 42.5 Å². The number of para-hydroxylation sites is 1. The van der Waals surface area contributed by atoms with E-state index in [9.17, 15) is 14.7 Å². The van der Waals surface area contributed by atoms with E-state index in [1.807, 2.05) is 30.3 Å². The minimum absolute atomic E-state index is 0.0321. The lowest BCUT2D eigenvalue weighted by Crippen LogP contribution is -2.29. The van der Waals surface area contributed by atoms with E-state index in [2.05, 4.69) is 4.98 Å². The van der Waals surface area contributed by atoms with Crippen molar-refractivity contribution in [2.75, 3.05) is 12.0 Å². The molecule has 8 heteroatoms. The second kappa shape index (κ2) is 9.44. The molecule has 0 saturated carbocycles. The Labute approximate surface area is 205 Å². The number of Topliss-reactive ketones (excluding diaryl/α,β-unsaturated/α-hetero) is 1. The van der Waals surface area contributed by atoms with Gasteiger partial charge >= 0.3 is 5.91 Å². The van der Waals surface area contributed by atoms with Crippen LogP contribution in [0.2, 0.25) is 0 Å². The molecule has 2 heterocycles. The number of ether oxygens (including phenoxy) is 2. The van der Waals surface area contributed by atoms with Crippen LogP contribution in [0.3, 0.4) is 0 Å². The number of carbonyl (C=O) groups is 2. The first-order chi connectivity index (χ1) is 17.1. The third-order valence-electron chi connectivity index (χ3n) is 5.57. The smallest absolute Gasteiger partial charge is 0.301 e. The van der Waals surface area contributed by atoms with Gasteiger partial charge in [-0.3, -0.25) is 14.5 Å². The zero-order valence-corrected chi connectivity index (χ0v) is 19.4. The van der Waals surface area contributed by atoms with E-state index >= 15 is 0 Å². The molecule has 0 radical (unpaired) electrons. The summed E-state index contributed by atoms with van der Waals surface area (Å²) in [5, 5.41) is 13.3. The molecule has 1 aliphatic rings. The summed E-state index contributed by atoms with van der Waals surface area (Å²) >= 11 is 1.23. The van der Waals surface area contributed by atoms with Crippen LogP contribution in [-0.2, 0) is 9.59 Å². The largest absolute Gasteiger partial charge is 0.507 e. The summed E-state index contributed by atoms with van der Waals surface area (Å²) < 4.78 is 11.2. The monoisotopic (exact) mass is 484 g/mol. The van der Waals surface area contributed by atoms with Crippen LogP contribution in [0.25, 0.3) is 5.76 Å². The van der Waals surface area contributed by atoms with Crippen molar-refractivity contribution >= 4 is 33.9 Å². The number of anilines is 1. The molecule has 3 aromatic carbocycles. The second-order valence-electron chi connectivity index (χ2n) is 7.70. The third-order valence-corrected chi connectivity index (χ3v) is 6.34. The van der Waals surface area contributed by atoms with Gasteiger partial charge in [0.1, 0.15) is 23.0 Å². The van der Waals surface area contributed by atoms with Crippen LogP contribution in [0, 0.1) is 0 Å². The Balaban J connectivity index is 1.65. The number of rotatable bonds is 6. The topological polar surface area (TPSA) is 89.0 Å². The zero-order chi connectivity index (χ0) is 24.4. The van der Waals surface area contributed by atoms with E-state index in [1.54, 1.807) is 60.1 Å². The maximum absolute atomic E-state index is 13.2. The average molecular weight is 485 g/mol. The highest BCUT2D eigenvalue weighted by Gasteiger charge is 2.48. The SMILES string of the molecule is COc1cccc(C(O)=C2C(=O)C(=O)N(c3nccs3)C2c2cccc(Oc3ccccc3)c2)c1. The highest BCUT2D eigenvalue weighted by Crippen LogP contribution is 2.43. The van der Waals surface area contributed by atoms with Crippen LogP contribution in [0.5, 0.6) is 17.2 Å². The van der Waals surface area contributed by atoms with E-state index < -0.39 is 17.7 Å². The first-order valence-electron chi connectivity index (χ1n) is 10.7. The number of methoxy groups -OCH3 is 1. The molecule has 35 heavy (non-hydrogen) atoms. The Morgan fingerprint density at radius 1 is 0.943 bits per heavy atom. The molecule has 4 aromatic rings. The van der Waals surface area contributed by atoms with Gasteiger partial charge in [-0.15, -0.1) is 11.3 Å². The molecule has 7 nitrogen and oxygen atoms in total. The molecule has 1 N–H and O–H groups in total. The summed E-state index contributed by atoms with van der Waals surface area (Å²) in [7, 11) is 1.51. The van der Waals surface area contributed by atoms with Crippen molar-refractivity contribution in [3.05, 3.63) is 107 Å². The van der Waals surface area contributed by atoms with E-state index in [1.165, 1.54) is 23.3 Å². The number of thiazole rings is 1. The highest BCUT2D eigenvalue weighted by atomic mass is 32.1. The maximum atomic E-state index is 13.2. The van der Waals surface area contributed by atoms with Gasteiger partial charge in [0.15, 0.2) is 5.13 Å². The van der Waals surface area contributed by atoms with E-state index in [4.69, 9.17) is 9.47 Å². The summed E-state index contributed by atoms with van der Waals surface area (Å²) in [5.74, 6) is -0.155. The van der Waals surface area contributed by atoms with Gasteiger partial charge in [0, 0.05) is 17.1 Å². The lowest BCUT2D eigenvalue weighted by molar-refractivity contribution is -0.132. The molecule has 174 valence electrons. The van der Waals surface area contributed by atoms with Crippen LogP contribution in [0.1, 0.15) is 17.2 Å². The van der Waals surface area contributed by atoms with E-state index in [0.717, 1.165) is 0 Å². The van der Waals surface area contributed by atoms with Gasteiger partial charge < -0.3 is 14.6 Å². The fraction of sp³-hybridized carbons (Fsp3) is 0.0741. The summed E-state index contributed by atoms with van der Waals surface area (Å²) in [5.41, 5.74) is 0.927. The molecular weight excluding hydrogens is 464 g/mol. The van der Waals surface area contributed by atoms with Crippen LogP contribution in [0.4, 0.5) is 5.13 Å². The van der Waals surface area contributed by atoms with Crippen LogP contribution in [0.15, 0.2) is 96.0 Å². The molecule has 1 amide bonds. The first kappa shape index (κ1) is 22.4. The van der Waals surface area contributed by atoms with Gasteiger partial charge in [-0.2, -0.15) is 0 Å². The van der Waals surface area contributed by atoms with E-state index in [0.29, 0.717) is 33.5 Å². The Morgan fingerprint density at radius 3 is 2.43 bits per heavy atom. The van der Waals surface area contributed by atoms with Gasteiger partial charge in [0.05, 0.1) is 18.7 Å². The van der Waals surface area contributed by atoms with Crippen molar-refractivity contribution < 1.29 is 24.2 Å². The predicted octanol–water partition coefficient (Wildman–Crippen LogP) is 5.57. The first-order valence-corrected chi connectivity index (χ1v) is 11.6. The number of hydrogen-bond acceptors (Lipinski definition) is 7. The Morgan fingerprint density at radius 2 is 1.69 bits per heavy atom. The minimum Gasteiger partial charge on any atom is -0.507 e. The van der Waals surface area contributed by atoms with Crippen molar-refractivity contribution in [1.82, 2.24) is 4.98 Å². The van der Waals surface area contributed by atoms with Crippen LogP contribution >= 0.6 is 11.3 Å². The van der Waals surface area contributed by atoms with Gasteiger partial charge in [0.2, 0.25) is 0 Å². The molecule has 1 aliphatic heterocycles. The summed E-state index contributed by atoms with van der Waals surface area (Å²) in [6, 6.07) is 22.2. The molecule has 1 aromatic heterocycles. The van der Waals surface area contributed by atoms with Gasteiger partial charge in [-0.25, -0.2) is 4.98 Å². The number of aliphatic hydroxyl groups excluding tert-OH is 1. The molecule has 1 fully saturated rings. The lowest BCUT2D eigenvalue weighted by Gasteiger charge is -2.23. The lowest BCUT2D eigenvalue weighted by atomic mass is 9.95. The number of amides is 1. The normalized spacial score (nSPS) is 16.9. The number of benzene rings is 3. The molecule has 0 bridgehead atoms. The van der Waals surface area contributed by atoms with Crippen molar-refractivity contribution in [3.8, 4) is 17.2 Å². The number of nitrogens with zero attached hydrogens (tertiary/aromatic N) is 2. The number of ketones is 1. The zero-order valence-electron chi connectivity index (χ0n) is 18.6. The molecule has 5 rings (SSSR count). The minimum atomic E-state index is -0.897. The molecule has 1 saturated heterocycles. The fourth-order valence-corrected chi connectivity index (χ4v) is 4.65. The summed E-state index contributed by atoms with van der Waals surface area (Å²) in [6.07, 6.45) is 1.56. The summed E-state index contributed by atoms with van der Waals surface area (Å²) in [6.45, 7) is 0. The molecule has 0 aliphatic carbocycles. The van der Waals surface area contributed by atoms with Crippen molar-refractivity contribution in [1.29, 1.82) is 0 Å². The van der Waals surface area contributed by atoms with E-state index in [-0.39, 0.29) is 11.3 Å². The number of carbonyl (C=O) groups excluding carboxylic acids is 2. The predicted molar refractivity (Wildman–Crippen MR) is 133 cm³/mol. The molecule has 0 spiro atoms. The van der Waals surface area contributed by atoms with Gasteiger partial charge in [0.25, 0.3) is 5.78 Å². The molecular formula is C27H20N2O5S. The summed E-state index contributed by atoms with van der Waals surface area (Å²) in [4.78, 5) is 32.0. The second-order valence-corrected chi connectivity index (χ2v) is 8.58. The van der Waals surface area contributed by atoms with Crippen molar-refractivity contribution in [3.63, 3.8) is 0 Å². The quantitative estimate of drug-likeness (QED) is 0.219. The number of hydrogen-bond donors (Lipinski definition) is 1. The average Bonchev–Trinajstić information content (AvgIpc) is 3.51. The third kappa shape index (κ3) is 4.27. The molecule has 1 atom stereocenters. The Hall–Kier alpha value is -4.43. The highest BCUT2D eigenvalue weighted by molar-refractivity contribution is 7.14. The number of aromatic nitrogens is 1. The van der Waals surface area contributed by atoms with Crippen LogP contribution in [-0.4, -0.2) is 28.9 Å². The molecule has 1 unspecified atom stereocenters. The Kier molecular flexibility index (Phi) is 6.03. The standard InChI is InChI=1S/C27H20N2O5S/c1-33-20-11-6-8-18(16-20)24(30)22-23(29(26(32)25(22)31)27-28-13-14-35-27)17-7-5-12-21(15-17)34-19-9-3-2-4-10-19/h2-16,23,30H,1H3. The van der Waals surface area contributed by atoms with Crippen LogP contribution < -0.4 is 14.4 Å². The number of aliphatic hydroxyl groups is 1. The van der Waals surface area contributed by atoms with Crippen molar-refractivity contribution in [2.45, 2.75) is 6.04 Å².